The van der Waals surface area contributed by atoms with Crippen LogP contribution in [0.15, 0.2) is 18.2 Å². The maximum Gasteiger partial charge on any atom is 0.411 e. The SMILES string of the molecule is COC(=O)Nc1c(C)cccc1NC(=O)O. The number of anilines is 2. The summed E-state index contributed by atoms with van der Waals surface area (Å²) >= 11 is 0. The van der Waals surface area contributed by atoms with Crippen LogP contribution in [0, 0.1) is 6.92 Å². The predicted molar refractivity (Wildman–Crippen MR) is 58.9 cm³/mol. The molecule has 1 aromatic rings. The van der Waals surface area contributed by atoms with Gasteiger partial charge in [0.25, 0.3) is 0 Å². The summed E-state index contributed by atoms with van der Waals surface area (Å²) in [7, 11) is 1.23. The maximum absolute atomic E-state index is 11.1. The fraction of sp³-hybridized carbons (Fsp3) is 0.200. The van der Waals surface area contributed by atoms with Gasteiger partial charge in [0.1, 0.15) is 0 Å². The molecule has 6 nitrogen and oxygen atoms in total. The molecule has 1 rings (SSSR count). The Morgan fingerprint density at radius 3 is 2.56 bits per heavy atom. The summed E-state index contributed by atoms with van der Waals surface area (Å²) in [5, 5.41) is 13.3. The number of aryl methyl sites for hydroxylation is 1. The van der Waals surface area contributed by atoms with Gasteiger partial charge in [0.05, 0.1) is 18.5 Å². The molecule has 0 aliphatic rings. The molecule has 0 heterocycles. The Bertz CT molecular complexity index is 417. The molecule has 0 aromatic heterocycles. The summed E-state index contributed by atoms with van der Waals surface area (Å²) in [4.78, 5) is 21.6. The third-order valence-corrected chi connectivity index (χ3v) is 1.93. The Morgan fingerprint density at radius 2 is 2.00 bits per heavy atom. The van der Waals surface area contributed by atoms with E-state index in [4.69, 9.17) is 5.11 Å². The highest BCUT2D eigenvalue weighted by Gasteiger charge is 2.10. The molecular weight excluding hydrogens is 212 g/mol. The van der Waals surface area contributed by atoms with Crippen LogP contribution < -0.4 is 10.6 Å². The molecule has 3 N–H and O–H groups in total. The highest BCUT2D eigenvalue weighted by molar-refractivity contribution is 5.95. The Kier molecular flexibility index (Phi) is 3.71. The van der Waals surface area contributed by atoms with Gasteiger partial charge in [-0.1, -0.05) is 12.1 Å². The molecule has 0 saturated carbocycles. The summed E-state index contributed by atoms with van der Waals surface area (Å²) in [6.45, 7) is 1.75. The molecule has 0 radical (unpaired) electrons. The lowest BCUT2D eigenvalue weighted by molar-refractivity contribution is 0.187. The number of carbonyl (C=O) groups is 2. The molecule has 16 heavy (non-hydrogen) atoms. The minimum atomic E-state index is -1.20. The van der Waals surface area contributed by atoms with Crippen LogP contribution in [0.5, 0.6) is 0 Å². The number of hydrogen-bond acceptors (Lipinski definition) is 3. The normalized spacial score (nSPS) is 9.38. The van der Waals surface area contributed by atoms with Crippen molar-refractivity contribution in [1.29, 1.82) is 0 Å². The van der Waals surface area contributed by atoms with Crippen LogP contribution in [0.25, 0.3) is 0 Å². The molecule has 0 saturated heterocycles. The van der Waals surface area contributed by atoms with Gasteiger partial charge in [-0.05, 0) is 18.6 Å². The van der Waals surface area contributed by atoms with Crippen molar-refractivity contribution in [2.75, 3.05) is 17.7 Å². The van der Waals surface area contributed by atoms with Crippen molar-refractivity contribution in [2.24, 2.45) is 0 Å². The number of carboxylic acid groups (broad SMARTS) is 1. The molecule has 0 aliphatic carbocycles. The van der Waals surface area contributed by atoms with E-state index in [9.17, 15) is 9.59 Å². The Hall–Kier alpha value is -2.24. The lowest BCUT2D eigenvalue weighted by atomic mass is 10.1. The Labute approximate surface area is 92.2 Å². The molecule has 1 aromatic carbocycles. The third-order valence-electron chi connectivity index (χ3n) is 1.93. The first-order chi connectivity index (χ1) is 7.54. The zero-order valence-electron chi connectivity index (χ0n) is 8.90. The van der Waals surface area contributed by atoms with E-state index in [1.54, 1.807) is 25.1 Å². The van der Waals surface area contributed by atoms with E-state index in [-0.39, 0.29) is 0 Å². The monoisotopic (exact) mass is 224 g/mol. The van der Waals surface area contributed by atoms with Gasteiger partial charge in [0.15, 0.2) is 0 Å². The van der Waals surface area contributed by atoms with Crippen LogP contribution in [0.1, 0.15) is 5.56 Å². The van der Waals surface area contributed by atoms with E-state index < -0.39 is 12.2 Å². The Balaban J connectivity index is 3.03. The number of hydrogen-bond donors (Lipinski definition) is 3. The van der Waals surface area contributed by atoms with Crippen molar-refractivity contribution in [3.05, 3.63) is 23.8 Å². The Morgan fingerprint density at radius 1 is 1.31 bits per heavy atom. The smallest absolute Gasteiger partial charge is 0.411 e. The second-order valence-corrected chi connectivity index (χ2v) is 3.04. The fourth-order valence-corrected chi connectivity index (χ4v) is 1.21. The lowest BCUT2D eigenvalue weighted by Gasteiger charge is -2.12. The standard InChI is InChI=1S/C10H12N2O4/c1-6-4-3-5-7(11-9(13)14)8(6)12-10(15)16-2/h3-5,11H,1-2H3,(H,12,15)(H,13,14). The average molecular weight is 224 g/mol. The van der Waals surface area contributed by atoms with E-state index in [1.807, 2.05) is 0 Å². The van der Waals surface area contributed by atoms with E-state index >= 15 is 0 Å². The van der Waals surface area contributed by atoms with E-state index in [1.165, 1.54) is 7.11 Å². The number of ether oxygens (including phenoxy) is 1. The van der Waals surface area contributed by atoms with E-state index in [0.717, 1.165) is 5.56 Å². The van der Waals surface area contributed by atoms with Crippen LogP contribution in [0.3, 0.4) is 0 Å². The minimum absolute atomic E-state index is 0.304. The second kappa shape index (κ2) is 5.01. The van der Waals surface area contributed by atoms with Gasteiger partial charge in [-0.2, -0.15) is 0 Å². The summed E-state index contributed by atoms with van der Waals surface area (Å²) < 4.78 is 4.44. The fourth-order valence-electron chi connectivity index (χ4n) is 1.21. The summed E-state index contributed by atoms with van der Waals surface area (Å²) in [6.07, 6.45) is -1.85. The lowest BCUT2D eigenvalue weighted by Crippen LogP contribution is -2.15. The van der Waals surface area contributed by atoms with Crippen LogP contribution in [0.4, 0.5) is 21.0 Å². The minimum Gasteiger partial charge on any atom is -0.465 e. The van der Waals surface area contributed by atoms with Crippen LogP contribution in [-0.2, 0) is 4.74 Å². The predicted octanol–water partition coefficient (Wildman–Crippen LogP) is 2.26. The van der Waals surface area contributed by atoms with Crippen molar-refractivity contribution in [3.8, 4) is 0 Å². The molecular formula is C10H12N2O4. The first-order valence-electron chi connectivity index (χ1n) is 4.49. The van der Waals surface area contributed by atoms with Crippen molar-refractivity contribution in [2.45, 2.75) is 6.92 Å². The van der Waals surface area contributed by atoms with Crippen molar-refractivity contribution < 1.29 is 19.4 Å². The second-order valence-electron chi connectivity index (χ2n) is 3.04. The molecule has 86 valence electrons. The van der Waals surface area contributed by atoms with Gasteiger partial charge in [-0.15, -0.1) is 0 Å². The topological polar surface area (TPSA) is 87.7 Å². The van der Waals surface area contributed by atoms with Crippen molar-refractivity contribution >= 4 is 23.6 Å². The average Bonchev–Trinajstić information content (AvgIpc) is 2.22. The summed E-state index contributed by atoms with van der Waals surface area (Å²) in [6, 6.07) is 4.98. The molecule has 0 aliphatic heterocycles. The van der Waals surface area contributed by atoms with Crippen LogP contribution >= 0.6 is 0 Å². The number of amides is 2. The van der Waals surface area contributed by atoms with Gasteiger partial charge in [-0.3, -0.25) is 10.6 Å². The van der Waals surface area contributed by atoms with E-state index in [0.29, 0.717) is 11.4 Å². The number of rotatable bonds is 2. The molecule has 0 spiro atoms. The highest BCUT2D eigenvalue weighted by Crippen LogP contribution is 2.25. The summed E-state index contributed by atoms with van der Waals surface area (Å²) in [5.41, 5.74) is 1.42. The zero-order chi connectivity index (χ0) is 12.1. The molecule has 0 bridgehead atoms. The number of methoxy groups -OCH3 is 1. The number of para-hydroxylation sites is 1. The van der Waals surface area contributed by atoms with Crippen LogP contribution in [0.2, 0.25) is 0 Å². The molecule has 0 unspecified atom stereocenters. The van der Waals surface area contributed by atoms with E-state index in [2.05, 4.69) is 15.4 Å². The molecule has 0 atom stereocenters. The van der Waals surface area contributed by atoms with Gasteiger partial charge in [0.2, 0.25) is 0 Å². The third kappa shape index (κ3) is 2.88. The first kappa shape index (κ1) is 11.8. The highest BCUT2D eigenvalue weighted by atomic mass is 16.5. The number of carbonyl (C=O) groups excluding carboxylic acids is 1. The number of benzene rings is 1. The van der Waals surface area contributed by atoms with Crippen molar-refractivity contribution in [3.63, 3.8) is 0 Å². The number of nitrogens with one attached hydrogen (secondary N) is 2. The largest absolute Gasteiger partial charge is 0.465 e. The maximum atomic E-state index is 11.1. The quantitative estimate of drug-likeness (QED) is 0.719. The van der Waals surface area contributed by atoms with Gasteiger partial charge in [-0.25, -0.2) is 9.59 Å². The molecule has 2 amide bonds. The zero-order valence-corrected chi connectivity index (χ0v) is 8.90. The molecule has 6 heteroatoms. The van der Waals surface area contributed by atoms with Gasteiger partial charge >= 0.3 is 12.2 Å². The van der Waals surface area contributed by atoms with Gasteiger partial charge < -0.3 is 9.84 Å². The van der Waals surface area contributed by atoms with Crippen LogP contribution in [-0.4, -0.2) is 24.4 Å². The van der Waals surface area contributed by atoms with Gasteiger partial charge in [0, 0.05) is 0 Å². The first-order valence-corrected chi connectivity index (χ1v) is 4.49. The summed E-state index contributed by atoms with van der Waals surface area (Å²) in [5.74, 6) is 0. The van der Waals surface area contributed by atoms with Crippen molar-refractivity contribution in [1.82, 2.24) is 0 Å². The molecule has 0 fully saturated rings.